The van der Waals surface area contributed by atoms with E-state index in [4.69, 9.17) is 5.73 Å². The van der Waals surface area contributed by atoms with Crippen LogP contribution in [0.1, 0.15) is 12.5 Å². The van der Waals surface area contributed by atoms with Crippen LogP contribution in [-0.2, 0) is 11.2 Å². The largest absolute Gasteiger partial charge is 0.369 e. The van der Waals surface area contributed by atoms with E-state index in [-0.39, 0.29) is 11.8 Å². The third-order valence-corrected chi connectivity index (χ3v) is 2.59. The van der Waals surface area contributed by atoms with E-state index in [1.165, 1.54) is 0 Å². The molecule has 4 heteroatoms. The predicted octanol–water partition coefficient (Wildman–Crippen LogP) is 1.23. The normalized spacial score (nSPS) is 12.9. The van der Waals surface area contributed by atoms with Crippen LogP contribution in [0.3, 0.4) is 0 Å². The summed E-state index contributed by atoms with van der Waals surface area (Å²) in [7, 11) is 0. The van der Waals surface area contributed by atoms with Gasteiger partial charge in [-0.3, -0.25) is 9.89 Å². The smallest absolute Gasteiger partial charge is 0.220 e. The molecule has 0 radical (unpaired) electrons. The molecule has 1 aromatic heterocycles. The SMILES string of the molecule is CC(Cc1cccc2[nH]ncc12)C(N)=O. The summed E-state index contributed by atoms with van der Waals surface area (Å²) in [6.07, 6.45) is 2.44. The zero-order valence-electron chi connectivity index (χ0n) is 8.53. The number of fused-ring (bicyclic) bond motifs is 1. The van der Waals surface area contributed by atoms with Gasteiger partial charge in [0, 0.05) is 11.3 Å². The summed E-state index contributed by atoms with van der Waals surface area (Å²) < 4.78 is 0. The van der Waals surface area contributed by atoms with E-state index in [1.54, 1.807) is 6.20 Å². The van der Waals surface area contributed by atoms with E-state index in [2.05, 4.69) is 10.2 Å². The second-order valence-corrected chi connectivity index (χ2v) is 3.76. The van der Waals surface area contributed by atoms with E-state index < -0.39 is 0 Å². The molecule has 0 bridgehead atoms. The van der Waals surface area contributed by atoms with Gasteiger partial charge in [0.1, 0.15) is 0 Å². The van der Waals surface area contributed by atoms with Crippen molar-refractivity contribution in [3.8, 4) is 0 Å². The first-order chi connectivity index (χ1) is 7.18. The topological polar surface area (TPSA) is 71.8 Å². The Labute approximate surface area is 87.5 Å². The lowest BCUT2D eigenvalue weighted by atomic mass is 9.98. The fourth-order valence-electron chi connectivity index (χ4n) is 1.64. The molecule has 15 heavy (non-hydrogen) atoms. The average molecular weight is 203 g/mol. The Morgan fingerprint density at radius 1 is 1.60 bits per heavy atom. The van der Waals surface area contributed by atoms with Gasteiger partial charge in [0.05, 0.1) is 11.7 Å². The van der Waals surface area contributed by atoms with Crippen LogP contribution < -0.4 is 5.73 Å². The van der Waals surface area contributed by atoms with Gasteiger partial charge in [-0.1, -0.05) is 19.1 Å². The van der Waals surface area contributed by atoms with Gasteiger partial charge < -0.3 is 5.73 Å². The van der Waals surface area contributed by atoms with E-state index in [9.17, 15) is 4.79 Å². The Bertz CT molecular complexity index is 489. The number of carbonyl (C=O) groups excluding carboxylic acids is 1. The second-order valence-electron chi connectivity index (χ2n) is 3.76. The monoisotopic (exact) mass is 203 g/mol. The first kappa shape index (κ1) is 9.71. The van der Waals surface area contributed by atoms with Gasteiger partial charge in [-0.25, -0.2) is 0 Å². The molecule has 1 amide bonds. The predicted molar refractivity (Wildman–Crippen MR) is 58.2 cm³/mol. The maximum Gasteiger partial charge on any atom is 0.220 e. The first-order valence-electron chi connectivity index (χ1n) is 4.89. The summed E-state index contributed by atoms with van der Waals surface area (Å²) >= 11 is 0. The van der Waals surface area contributed by atoms with Gasteiger partial charge in [0.25, 0.3) is 0 Å². The number of aromatic amines is 1. The fourth-order valence-corrected chi connectivity index (χ4v) is 1.64. The number of nitrogens with zero attached hydrogens (tertiary/aromatic N) is 1. The van der Waals surface area contributed by atoms with Crippen molar-refractivity contribution >= 4 is 16.8 Å². The van der Waals surface area contributed by atoms with Crippen LogP contribution in [-0.4, -0.2) is 16.1 Å². The quantitative estimate of drug-likeness (QED) is 0.787. The Hall–Kier alpha value is -1.84. The highest BCUT2D eigenvalue weighted by molar-refractivity contribution is 5.83. The molecule has 2 rings (SSSR count). The van der Waals surface area contributed by atoms with Crippen LogP contribution in [0.4, 0.5) is 0 Å². The van der Waals surface area contributed by atoms with Gasteiger partial charge in [0.15, 0.2) is 0 Å². The molecular formula is C11H13N3O. The molecule has 1 atom stereocenters. The van der Waals surface area contributed by atoms with Crippen molar-refractivity contribution in [2.75, 3.05) is 0 Å². The standard InChI is InChI=1S/C11H13N3O/c1-7(11(12)15)5-8-3-2-4-10-9(8)6-13-14-10/h2-4,6-7H,5H2,1H3,(H2,12,15)(H,13,14). The zero-order chi connectivity index (χ0) is 10.8. The number of H-pyrrole nitrogens is 1. The van der Waals surface area contributed by atoms with Crippen molar-refractivity contribution in [3.63, 3.8) is 0 Å². The van der Waals surface area contributed by atoms with Crippen molar-refractivity contribution < 1.29 is 4.79 Å². The molecular weight excluding hydrogens is 190 g/mol. The summed E-state index contributed by atoms with van der Waals surface area (Å²) in [5.74, 6) is -0.416. The van der Waals surface area contributed by atoms with Gasteiger partial charge in [0.2, 0.25) is 5.91 Å². The maximum absolute atomic E-state index is 11.0. The molecule has 3 N–H and O–H groups in total. The zero-order valence-corrected chi connectivity index (χ0v) is 8.53. The van der Waals surface area contributed by atoms with Crippen LogP contribution in [0.15, 0.2) is 24.4 Å². The third kappa shape index (κ3) is 1.83. The number of nitrogens with two attached hydrogens (primary N) is 1. The highest BCUT2D eigenvalue weighted by atomic mass is 16.1. The molecule has 0 fully saturated rings. The lowest BCUT2D eigenvalue weighted by Gasteiger charge is -2.07. The number of amides is 1. The summed E-state index contributed by atoms with van der Waals surface area (Å²) in [5.41, 5.74) is 7.33. The van der Waals surface area contributed by atoms with Crippen molar-refractivity contribution in [3.05, 3.63) is 30.0 Å². The Balaban J connectivity index is 2.35. The van der Waals surface area contributed by atoms with Gasteiger partial charge in [-0.05, 0) is 18.1 Å². The first-order valence-corrected chi connectivity index (χ1v) is 4.89. The highest BCUT2D eigenvalue weighted by Gasteiger charge is 2.11. The third-order valence-electron chi connectivity index (χ3n) is 2.59. The van der Waals surface area contributed by atoms with Gasteiger partial charge >= 0.3 is 0 Å². The molecule has 1 unspecified atom stereocenters. The van der Waals surface area contributed by atoms with Gasteiger partial charge in [-0.2, -0.15) is 5.10 Å². The van der Waals surface area contributed by atoms with E-state index in [0.29, 0.717) is 6.42 Å². The number of primary amides is 1. The molecule has 0 saturated heterocycles. The molecule has 0 aliphatic rings. The number of nitrogens with one attached hydrogen (secondary N) is 1. The van der Waals surface area contributed by atoms with Crippen LogP contribution in [0.2, 0.25) is 0 Å². The van der Waals surface area contributed by atoms with Crippen LogP contribution in [0.5, 0.6) is 0 Å². The summed E-state index contributed by atoms with van der Waals surface area (Å²) in [6.45, 7) is 1.83. The number of aromatic nitrogens is 2. The van der Waals surface area contributed by atoms with Crippen LogP contribution >= 0.6 is 0 Å². The molecule has 78 valence electrons. The molecule has 1 aromatic carbocycles. The summed E-state index contributed by atoms with van der Waals surface area (Å²) in [5, 5.41) is 7.93. The molecule has 0 aliphatic carbocycles. The minimum absolute atomic E-state index is 0.148. The number of benzene rings is 1. The minimum atomic E-state index is -0.268. The van der Waals surface area contributed by atoms with Crippen LogP contribution in [0.25, 0.3) is 10.9 Å². The number of hydrogen-bond donors (Lipinski definition) is 2. The molecule has 2 aromatic rings. The van der Waals surface area contributed by atoms with Crippen molar-refractivity contribution in [1.82, 2.24) is 10.2 Å². The molecule has 4 nitrogen and oxygen atoms in total. The second kappa shape index (κ2) is 3.73. The Kier molecular flexibility index (Phi) is 2.41. The Morgan fingerprint density at radius 3 is 3.13 bits per heavy atom. The molecule has 0 saturated carbocycles. The highest BCUT2D eigenvalue weighted by Crippen LogP contribution is 2.19. The molecule has 1 heterocycles. The van der Waals surface area contributed by atoms with Gasteiger partial charge in [-0.15, -0.1) is 0 Å². The van der Waals surface area contributed by atoms with Crippen molar-refractivity contribution in [2.24, 2.45) is 11.7 Å². The van der Waals surface area contributed by atoms with Crippen LogP contribution in [0, 0.1) is 5.92 Å². The number of rotatable bonds is 3. The lowest BCUT2D eigenvalue weighted by Crippen LogP contribution is -2.22. The molecule has 0 aliphatic heterocycles. The molecule has 0 spiro atoms. The van der Waals surface area contributed by atoms with E-state index in [1.807, 2.05) is 25.1 Å². The van der Waals surface area contributed by atoms with E-state index >= 15 is 0 Å². The minimum Gasteiger partial charge on any atom is -0.369 e. The average Bonchev–Trinajstić information content (AvgIpc) is 2.66. The Morgan fingerprint density at radius 2 is 2.40 bits per heavy atom. The van der Waals surface area contributed by atoms with Crippen molar-refractivity contribution in [2.45, 2.75) is 13.3 Å². The van der Waals surface area contributed by atoms with E-state index in [0.717, 1.165) is 16.5 Å². The number of carbonyl (C=O) groups is 1. The van der Waals surface area contributed by atoms with Crippen molar-refractivity contribution in [1.29, 1.82) is 0 Å². The summed E-state index contributed by atoms with van der Waals surface area (Å²) in [6, 6.07) is 5.90. The fraction of sp³-hybridized carbons (Fsp3) is 0.273. The maximum atomic E-state index is 11.0. The number of hydrogen-bond acceptors (Lipinski definition) is 2. The lowest BCUT2D eigenvalue weighted by molar-refractivity contribution is -0.121. The summed E-state index contributed by atoms with van der Waals surface area (Å²) in [4.78, 5) is 11.0.